The lowest BCUT2D eigenvalue weighted by Gasteiger charge is -2.26. The molecule has 0 aliphatic heterocycles. The summed E-state index contributed by atoms with van der Waals surface area (Å²) in [7, 11) is 1.63. The molecule has 1 aromatic rings. The lowest BCUT2D eigenvalue weighted by molar-refractivity contribution is -0.151. The van der Waals surface area contributed by atoms with E-state index in [0.29, 0.717) is 5.56 Å². The molecule has 1 unspecified atom stereocenters. The van der Waals surface area contributed by atoms with Gasteiger partial charge in [0.25, 0.3) is 0 Å². The first-order valence-corrected chi connectivity index (χ1v) is 6.18. The van der Waals surface area contributed by atoms with Crippen molar-refractivity contribution in [3.8, 4) is 5.75 Å². The molecule has 0 amide bonds. The summed E-state index contributed by atoms with van der Waals surface area (Å²) in [6.07, 6.45) is 0. The first-order valence-electron chi connectivity index (χ1n) is 6.18. The summed E-state index contributed by atoms with van der Waals surface area (Å²) in [5.41, 5.74) is -0.508. The van der Waals surface area contributed by atoms with Crippen molar-refractivity contribution in [3.05, 3.63) is 29.6 Å². The molecule has 0 spiro atoms. The van der Waals surface area contributed by atoms with Crippen molar-refractivity contribution < 1.29 is 18.7 Å². The number of halogens is 1. The van der Waals surface area contributed by atoms with Gasteiger partial charge in [0.2, 0.25) is 0 Å². The van der Waals surface area contributed by atoms with Gasteiger partial charge in [0.15, 0.2) is 11.6 Å². The number of ether oxygens (including phenoxy) is 2. The average Bonchev–Trinajstić information content (AvgIpc) is 2.40. The largest absolute Gasteiger partial charge is 0.488 e. The Kier molecular flexibility index (Phi) is 5.30. The third-order valence-electron chi connectivity index (χ3n) is 2.95. The molecule has 1 aromatic carbocycles. The van der Waals surface area contributed by atoms with Gasteiger partial charge in [0.1, 0.15) is 12.1 Å². The van der Waals surface area contributed by atoms with E-state index in [9.17, 15) is 9.18 Å². The molecular weight excluding hydrogens is 249 g/mol. The summed E-state index contributed by atoms with van der Waals surface area (Å²) in [6, 6.07) is 4.89. The quantitative estimate of drug-likeness (QED) is 0.803. The Bertz CT molecular complexity index is 450. The van der Waals surface area contributed by atoms with Crippen LogP contribution >= 0.6 is 0 Å². The lowest BCUT2D eigenvalue weighted by Crippen LogP contribution is -2.53. The summed E-state index contributed by atoms with van der Waals surface area (Å²) in [5, 5.41) is 2.85. The van der Waals surface area contributed by atoms with Crippen LogP contribution in [0.3, 0.4) is 0 Å². The number of hydrogen-bond donors (Lipinski definition) is 1. The zero-order valence-corrected chi connectivity index (χ0v) is 11.7. The molecule has 19 heavy (non-hydrogen) atoms. The van der Waals surface area contributed by atoms with Gasteiger partial charge in [-0.25, -0.2) is 9.18 Å². The Labute approximate surface area is 112 Å². The number of nitrogens with one attached hydrogen (secondary N) is 1. The van der Waals surface area contributed by atoms with E-state index in [2.05, 4.69) is 5.32 Å². The van der Waals surface area contributed by atoms with Crippen LogP contribution in [0.25, 0.3) is 0 Å². The SMILES string of the molecule is CCOC(=O)C(C)(COc1cccc(C)c1F)NC. The van der Waals surface area contributed by atoms with Crippen LogP contribution in [0.15, 0.2) is 18.2 Å². The Morgan fingerprint density at radius 1 is 1.47 bits per heavy atom. The third-order valence-corrected chi connectivity index (χ3v) is 2.95. The van der Waals surface area contributed by atoms with Crippen molar-refractivity contribution in [3.63, 3.8) is 0 Å². The van der Waals surface area contributed by atoms with Gasteiger partial charge in [0.05, 0.1) is 6.61 Å². The van der Waals surface area contributed by atoms with Crippen LogP contribution in [-0.4, -0.2) is 31.8 Å². The fraction of sp³-hybridized carbons (Fsp3) is 0.500. The van der Waals surface area contributed by atoms with Gasteiger partial charge < -0.3 is 14.8 Å². The monoisotopic (exact) mass is 269 g/mol. The Morgan fingerprint density at radius 3 is 2.74 bits per heavy atom. The van der Waals surface area contributed by atoms with Crippen LogP contribution < -0.4 is 10.1 Å². The molecule has 106 valence electrons. The fourth-order valence-electron chi connectivity index (χ4n) is 1.48. The van der Waals surface area contributed by atoms with E-state index in [1.54, 1.807) is 40.0 Å². The molecule has 0 saturated heterocycles. The normalized spacial score (nSPS) is 13.7. The Balaban J connectivity index is 2.78. The van der Waals surface area contributed by atoms with Crippen molar-refractivity contribution >= 4 is 5.97 Å². The lowest BCUT2D eigenvalue weighted by atomic mass is 10.1. The second-order valence-electron chi connectivity index (χ2n) is 4.48. The van der Waals surface area contributed by atoms with Crippen LogP contribution in [0.4, 0.5) is 4.39 Å². The molecule has 0 radical (unpaired) electrons. The Hall–Kier alpha value is -1.62. The highest BCUT2D eigenvalue weighted by Crippen LogP contribution is 2.21. The zero-order valence-electron chi connectivity index (χ0n) is 11.7. The highest BCUT2D eigenvalue weighted by atomic mass is 19.1. The van der Waals surface area contributed by atoms with Crippen molar-refractivity contribution in [1.82, 2.24) is 5.32 Å². The summed E-state index contributed by atoms with van der Waals surface area (Å²) in [6.45, 7) is 5.32. The standard InChI is InChI=1S/C14H20FNO3/c1-5-18-13(17)14(3,16-4)9-19-11-8-6-7-10(2)12(11)15/h6-8,16H,5,9H2,1-4H3. The van der Waals surface area contributed by atoms with Gasteiger partial charge in [-0.2, -0.15) is 0 Å². The number of aryl methyl sites for hydroxylation is 1. The molecule has 4 nitrogen and oxygen atoms in total. The minimum absolute atomic E-state index is 0.0112. The second-order valence-corrected chi connectivity index (χ2v) is 4.48. The van der Waals surface area contributed by atoms with E-state index in [0.717, 1.165) is 0 Å². The molecular formula is C14H20FNO3. The molecule has 0 bridgehead atoms. The van der Waals surface area contributed by atoms with Crippen molar-refractivity contribution in [2.75, 3.05) is 20.3 Å². The molecule has 0 saturated carbocycles. The Morgan fingerprint density at radius 2 is 2.16 bits per heavy atom. The topological polar surface area (TPSA) is 47.6 Å². The predicted molar refractivity (Wildman–Crippen MR) is 70.7 cm³/mol. The highest BCUT2D eigenvalue weighted by Gasteiger charge is 2.34. The third kappa shape index (κ3) is 3.67. The molecule has 0 aromatic heterocycles. The van der Waals surface area contributed by atoms with E-state index in [1.807, 2.05) is 0 Å². The summed E-state index contributed by atoms with van der Waals surface area (Å²) in [4.78, 5) is 11.8. The maximum Gasteiger partial charge on any atom is 0.329 e. The van der Waals surface area contributed by atoms with Gasteiger partial charge >= 0.3 is 5.97 Å². The van der Waals surface area contributed by atoms with Crippen molar-refractivity contribution in [2.45, 2.75) is 26.3 Å². The van der Waals surface area contributed by atoms with E-state index in [4.69, 9.17) is 9.47 Å². The first-order chi connectivity index (χ1) is 8.94. The second kappa shape index (κ2) is 6.52. The average molecular weight is 269 g/mol. The molecule has 0 aliphatic carbocycles. The van der Waals surface area contributed by atoms with Crippen molar-refractivity contribution in [2.24, 2.45) is 0 Å². The maximum absolute atomic E-state index is 13.8. The number of esters is 1. The van der Waals surface area contributed by atoms with Crippen LogP contribution in [-0.2, 0) is 9.53 Å². The molecule has 1 N–H and O–H groups in total. The molecule has 0 heterocycles. The molecule has 0 fully saturated rings. The summed E-state index contributed by atoms with van der Waals surface area (Å²) in [5.74, 6) is -0.707. The minimum atomic E-state index is -1.01. The fourth-order valence-corrected chi connectivity index (χ4v) is 1.48. The number of hydrogen-bond acceptors (Lipinski definition) is 4. The maximum atomic E-state index is 13.8. The van der Waals surface area contributed by atoms with E-state index in [-0.39, 0.29) is 19.0 Å². The first kappa shape index (κ1) is 15.4. The van der Waals surface area contributed by atoms with Gasteiger partial charge in [-0.05, 0) is 39.4 Å². The molecule has 5 heteroatoms. The van der Waals surface area contributed by atoms with Crippen LogP contribution in [0, 0.1) is 12.7 Å². The van der Waals surface area contributed by atoms with Gasteiger partial charge in [-0.1, -0.05) is 12.1 Å². The van der Waals surface area contributed by atoms with E-state index in [1.165, 1.54) is 6.07 Å². The number of carbonyl (C=O) groups is 1. The van der Waals surface area contributed by atoms with Crippen LogP contribution in [0.5, 0.6) is 5.75 Å². The molecule has 1 atom stereocenters. The molecule has 1 rings (SSSR count). The van der Waals surface area contributed by atoms with E-state index >= 15 is 0 Å². The minimum Gasteiger partial charge on any atom is -0.488 e. The summed E-state index contributed by atoms with van der Waals surface area (Å²) >= 11 is 0. The smallest absolute Gasteiger partial charge is 0.329 e. The number of benzene rings is 1. The van der Waals surface area contributed by atoms with Gasteiger partial charge in [-0.3, -0.25) is 0 Å². The number of carbonyl (C=O) groups excluding carboxylic acids is 1. The van der Waals surface area contributed by atoms with Gasteiger partial charge in [-0.15, -0.1) is 0 Å². The number of likely N-dealkylation sites (N-methyl/N-ethyl adjacent to an activating group) is 1. The molecule has 0 aliphatic rings. The highest BCUT2D eigenvalue weighted by molar-refractivity contribution is 5.80. The van der Waals surface area contributed by atoms with Crippen LogP contribution in [0.2, 0.25) is 0 Å². The van der Waals surface area contributed by atoms with E-state index < -0.39 is 17.3 Å². The van der Waals surface area contributed by atoms with Crippen molar-refractivity contribution in [1.29, 1.82) is 0 Å². The zero-order chi connectivity index (χ0) is 14.5. The summed E-state index contributed by atoms with van der Waals surface area (Å²) < 4.78 is 24.1. The van der Waals surface area contributed by atoms with Gasteiger partial charge in [0, 0.05) is 0 Å². The van der Waals surface area contributed by atoms with Crippen LogP contribution in [0.1, 0.15) is 19.4 Å². The predicted octanol–water partition coefficient (Wildman–Crippen LogP) is 2.05. The number of rotatable bonds is 6.